The Labute approximate surface area is 163 Å². The number of rotatable bonds is 18. The van der Waals surface area contributed by atoms with Crippen LogP contribution in [0.4, 0.5) is 4.39 Å². The van der Waals surface area contributed by atoms with Crippen molar-refractivity contribution in [1.29, 1.82) is 0 Å². The largest absolute Gasteiger partial charge is 0.466 e. The Morgan fingerprint density at radius 3 is 1.93 bits per heavy atom. The summed E-state index contributed by atoms with van der Waals surface area (Å²) in [5.74, 6) is -0.889. The molecular formula is C20H38FN3O3. The summed E-state index contributed by atoms with van der Waals surface area (Å²) in [4.78, 5) is 14.1. The minimum atomic E-state index is -1.66. The number of carbonyl (C=O) groups excluding carboxylic acids is 1. The number of hydrogen-bond acceptors (Lipinski definition) is 4. The molecule has 158 valence electrons. The number of unbranched alkanes of at least 4 members (excludes halogenated alkanes) is 11. The van der Waals surface area contributed by atoms with Gasteiger partial charge in [-0.05, 0) is 18.9 Å². The highest BCUT2D eigenvalue weighted by atomic mass is 19.1. The fourth-order valence-electron chi connectivity index (χ4n) is 3.09. The molecule has 0 fully saturated rings. The molecule has 0 aromatic carbocycles. The predicted molar refractivity (Wildman–Crippen MR) is 106 cm³/mol. The molecule has 0 aliphatic carbocycles. The van der Waals surface area contributed by atoms with Gasteiger partial charge in [0.15, 0.2) is 6.04 Å². The van der Waals surface area contributed by atoms with E-state index in [0.29, 0.717) is 6.42 Å². The lowest BCUT2D eigenvalue weighted by molar-refractivity contribution is -0.148. The summed E-state index contributed by atoms with van der Waals surface area (Å²) in [6, 6.07) is -1.53. The first-order chi connectivity index (χ1) is 13.1. The van der Waals surface area contributed by atoms with E-state index >= 15 is 0 Å². The topological polar surface area (TPSA) is 95.3 Å². The van der Waals surface area contributed by atoms with Gasteiger partial charge in [-0.1, -0.05) is 89.1 Å². The number of ether oxygens (including phenoxy) is 1. The fourth-order valence-corrected chi connectivity index (χ4v) is 3.09. The third kappa shape index (κ3) is 13.5. The minimum absolute atomic E-state index is 0.0820. The van der Waals surface area contributed by atoms with Crippen LogP contribution in [0.3, 0.4) is 0 Å². The molecule has 0 radical (unpaired) electrons. The van der Waals surface area contributed by atoms with Crippen molar-refractivity contribution in [3.8, 4) is 0 Å². The molecule has 1 unspecified atom stereocenters. The molecule has 0 aliphatic rings. The summed E-state index contributed by atoms with van der Waals surface area (Å²) in [5, 5.41) is 13.1. The predicted octanol–water partition coefficient (Wildman–Crippen LogP) is 6.02. The number of halogens is 1. The van der Waals surface area contributed by atoms with Crippen molar-refractivity contribution in [2.45, 2.75) is 116 Å². The normalized spacial score (nSPS) is 14.2. The highest BCUT2D eigenvalue weighted by Crippen LogP contribution is 2.18. The molecular weight excluding hydrogens is 349 g/mol. The van der Waals surface area contributed by atoms with E-state index in [1.807, 2.05) is 0 Å². The van der Waals surface area contributed by atoms with E-state index in [1.54, 1.807) is 6.92 Å². The van der Waals surface area contributed by atoms with E-state index in [1.165, 1.54) is 51.4 Å². The molecule has 7 heteroatoms. The maximum absolute atomic E-state index is 14.1. The quantitative estimate of drug-likeness (QED) is 0.102. The van der Waals surface area contributed by atoms with Crippen LogP contribution in [-0.4, -0.2) is 36.0 Å². The summed E-state index contributed by atoms with van der Waals surface area (Å²) in [6.07, 6.45) is 11.1. The standard InChI is InChI=1S/C20H38FN3O3/c1-3-5-6-7-8-9-10-11-12-13-14-15-16-17(21)19(25)18(23-24-22)20(26)27-4-2/h17-19,25H,3-16H2,1-2H3/t17?,18-,19-/m1/s1. The van der Waals surface area contributed by atoms with Gasteiger partial charge in [-0.3, -0.25) is 4.79 Å². The van der Waals surface area contributed by atoms with Gasteiger partial charge < -0.3 is 9.84 Å². The SMILES string of the molecule is CCCCCCCCCCCCCCC(F)[C@@H](O)[C@@H](N=[N+]=[N-])C(=O)OCC. The maximum Gasteiger partial charge on any atom is 0.317 e. The van der Waals surface area contributed by atoms with Crippen molar-refractivity contribution in [1.82, 2.24) is 0 Å². The molecule has 0 spiro atoms. The second-order valence-corrected chi connectivity index (χ2v) is 7.09. The van der Waals surface area contributed by atoms with Gasteiger partial charge in [0.05, 0.1) is 6.61 Å². The highest BCUT2D eigenvalue weighted by molar-refractivity contribution is 5.76. The number of aliphatic hydroxyl groups is 1. The van der Waals surface area contributed by atoms with Crippen molar-refractivity contribution in [3.05, 3.63) is 10.4 Å². The van der Waals surface area contributed by atoms with Crippen molar-refractivity contribution in [3.63, 3.8) is 0 Å². The lowest BCUT2D eigenvalue weighted by Gasteiger charge is -2.20. The monoisotopic (exact) mass is 387 g/mol. The third-order valence-corrected chi connectivity index (χ3v) is 4.73. The zero-order chi connectivity index (χ0) is 20.3. The molecule has 0 aromatic heterocycles. The Hall–Kier alpha value is -1.33. The van der Waals surface area contributed by atoms with Gasteiger partial charge in [0.25, 0.3) is 0 Å². The van der Waals surface area contributed by atoms with Crippen LogP contribution in [0.5, 0.6) is 0 Å². The van der Waals surface area contributed by atoms with Crippen LogP contribution >= 0.6 is 0 Å². The van der Waals surface area contributed by atoms with Crippen LogP contribution < -0.4 is 0 Å². The molecule has 6 nitrogen and oxygen atoms in total. The van der Waals surface area contributed by atoms with E-state index in [0.717, 1.165) is 19.3 Å². The van der Waals surface area contributed by atoms with Crippen LogP contribution in [-0.2, 0) is 9.53 Å². The molecule has 0 aliphatic heterocycles. The van der Waals surface area contributed by atoms with E-state index in [9.17, 15) is 14.3 Å². The Morgan fingerprint density at radius 2 is 1.48 bits per heavy atom. The first-order valence-electron chi connectivity index (χ1n) is 10.6. The first-order valence-corrected chi connectivity index (χ1v) is 10.6. The second-order valence-electron chi connectivity index (χ2n) is 7.09. The van der Waals surface area contributed by atoms with Gasteiger partial charge in [-0.2, -0.15) is 0 Å². The van der Waals surface area contributed by atoms with Crippen LogP contribution in [0.25, 0.3) is 10.4 Å². The number of azide groups is 1. The number of nitrogens with zero attached hydrogens (tertiary/aromatic N) is 3. The number of alkyl halides is 1. The Kier molecular flexibility index (Phi) is 17.2. The summed E-state index contributed by atoms with van der Waals surface area (Å²) in [6.45, 7) is 3.90. The van der Waals surface area contributed by atoms with E-state index in [-0.39, 0.29) is 13.0 Å². The molecule has 0 aromatic rings. The number of carbonyl (C=O) groups is 1. The van der Waals surface area contributed by atoms with Gasteiger partial charge in [0.2, 0.25) is 0 Å². The van der Waals surface area contributed by atoms with Crippen LogP contribution in [0, 0.1) is 0 Å². The Balaban J connectivity index is 3.78. The van der Waals surface area contributed by atoms with E-state index in [4.69, 9.17) is 10.3 Å². The van der Waals surface area contributed by atoms with Crippen molar-refractivity contribution < 1.29 is 19.0 Å². The summed E-state index contributed by atoms with van der Waals surface area (Å²) in [5.41, 5.74) is 8.49. The molecule has 0 saturated heterocycles. The molecule has 0 rings (SSSR count). The highest BCUT2D eigenvalue weighted by Gasteiger charge is 2.33. The zero-order valence-corrected chi connectivity index (χ0v) is 17.1. The average Bonchev–Trinajstić information content (AvgIpc) is 2.66. The number of aliphatic hydroxyl groups excluding tert-OH is 1. The smallest absolute Gasteiger partial charge is 0.317 e. The molecule has 0 bridgehead atoms. The number of hydrogen-bond donors (Lipinski definition) is 1. The first kappa shape index (κ1) is 25.7. The molecule has 27 heavy (non-hydrogen) atoms. The average molecular weight is 388 g/mol. The van der Waals surface area contributed by atoms with Crippen molar-refractivity contribution >= 4 is 5.97 Å². The van der Waals surface area contributed by atoms with E-state index < -0.39 is 24.3 Å². The van der Waals surface area contributed by atoms with Gasteiger partial charge in [-0.25, -0.2) is 4.39 Å². The zero-order valence-electron chi connectivity index (χ0n) is 17.1. The van der Waals surface area contributed by atoms with Gasteiger partial charge in [0.1, 0.15) is 12.3 Å². The van der Waals surface area contributed by atoms with E-state index in [2.05, 4.69) is 16.9 Å². The summed E-state index contributed by atoms with van der Waals surface area (Å²) < 4.78 is 18.8. The van der Waals surface area contributed by atoms with Gasteiger partial charge in [0, 0.05) is 4.91 Å². The maximum atomic E-state index is 14.1. The third-order valence-electron chi connectivity index (χ3n) is 4.73. The Morgan fingerprint density at radius 1 is 1.00 bits per heavy atom. The molecule has 0 amide bonds. The van der Waals surface area contributed by atoms with Crippen molar-refractivity contribution in [2.75, 3.05) is 6.61 Å². The second kappa shape index (κ2) is 18.1. The van der Waals surface area contributed by atoms with Gasteiger partial charge >= 0.3 is 5.97 Å². The fraction of sp³-hybridized carbons (Fsp3) is 0.950. The van der Waals surface area contributed by atoms with Crippen molar-refractivity contribution in [2.24, 2.45) is 5.11 Å². The number of esters is 1. The summed E-state index contributed by atoms with van der Waals surface area (Å²) in [7, 11) is 0. The van der Waals surface area contributed by atoms with Crippen LogP contribution in [0.15, 0.2) is 5.11 Å². The lowest BCUT2D eigenvalue weighted by atomic mass is 10.0. The molecule has 0 heterocycles. The lowest BCUT2D eigenvalue weighted by Crippen LogP contribution is -2.40. The van der Waals surface area contributed by atoms with Crippen LogP contribution in [0.2, 0.25) is 0 Å². The molecule has 3 atom stereocenters. The minimum Gasteiger partial charge on any atom is -0.466 e. The van der Waals surface area contributed by atoms with Gasteiger partial charge in [-0.15, -0.1) is 0 Å². The molecule has 0 saturated carbocycles. The summed E-state index contributed by atoms with van der Waals surface area (Å²) >= 11 is 0. The molecule has 1 N–H and O–H groups in total. The Bertz CT molecular complexity index is 417. The van der Waals surface area contributed by atoms with Crippen LogP contribution in [0.1, 0.15) is 97.3 Å².